The predicted molar refractivity (Wildman–Crippen MR) is 52.9 cm³/mol. The maximum Gasteiger partial charge on any atom is 0.273 e. The molecule has 0 aliphatic heterocycles. The number of rotatable bonds is 2. The lowest BCUT2D eigenvalue weighted by atomic mass is 10.3. The van der Waals surface area contributed by atoms with Crippen LogP contribution >= 0.6 is 0 Å². The number of imidazole rings is 1. The van der Waals surface area contributed by atoms with E-state index >= 15 is 0 Å². The zero-order chi connectivity index (χ0) is 11.5. The van der Waals surface area contributed by atoms with Gasteiger partial charge in [-0.2, -0.15) is 0 Å². The molecule has 2 aromatic rings. The normalized spacial score (nSPS) is 10.1. The van der Waals surface area contributed by atoms with Crippen molar-refractivity contribution in [2.45, 2.75) is 0 Å². The van der Waals surface area contributed by atoms with Crippen molar-refractivity contribution in [3.63, 3.8) is 0 Å². The van der Waals surface area contributed by atoms with Gasteiger partial charge in [-0.3, -0.25) is 4.79 Å². The van der Waals surface area contributed by atoms with Gasteiger partial charge in [0.2, 0.25) is 0 Å². The molecule has 4 nitrogen and oxygen atoms in total. The highest BCUT2D eigenvalue weighted by Crippen LogP contribution is 2.15. The van der Waals surface area contributed by atoms with Gasteiger partial charge in [0, 0.05) is 6.07 Å². The third-order valence-corrected chi connectivity index (χ3v) is 1.92. The van der Waals surface area contributed by atoms with E-state index in [1.807, 2.05) is 0 Å². The van der Waals surface area contributed by atoms with Gasteiger partial charge in [-0.1, -0.05) is 0 Å². The van der Waals surface area contributed by atoms with Gasteiger partial charge in [0.25, 0.3) is 5.91 Å². The smallest absolute Gasteiger partial charge is 0.273 e. The van der Waals surface area contributed by atoms with Crippen molar-refractivity contribution in [1.82, 2.24) is 9.97 Å². The third kappa shape index (κ3) is 2.05. The van der Waals surface area contributed by atoms with E-state index in [9.17, 15) is 13.6 Å². The van der Waals surface area contributed by atoms with Crippen molar-refractivity contribution in [2.75, 3.05) is 5.32 Å². The summed E-state index contributed by atoms with van der Waals surface area (Å²) in [6.45, 7) is 0. The molecular weight excluding hydrogens is 216 g/mol. The number of hydrogen-bond acceptors (Lipinski definition) is 2. The van der Waals surface area contributed by atoms with Crippen LogP contribution in [0.25, 0.3) is 0 Å². The summed E-state index contributed by atoms with van der Waals surface area (Å²) in [4.78, 5) is 17.7. The third-order valence-electron chi connectivity index (χ3n) is 1.92. The van der Waals surface area contributed by atoms with Gasteiger partial charge in [0.05, 0.1) is 18.2 Å². The fraction of sp³-hybridized carbons (Fsp3) is 0. The van der Waals surface area contributed by atoms with Gasteiger partial charge >= 0.3 is 0 Å². The lowest BCUT2D eigenvalue weighted by molar-refractivity contribution is 0.102. The van der Waals surface area contributed by atoms with Crippen LogP contribution in [-0.4, -0.2) is 15.9 Å². The first-order valence-corrected chi connectivity index (χ1v) is 4.41. The van der Waals surface area contributed by atoms with Crippen LogP contribution in [0.4, 0.5) is 14.5 Å². The first kappa shape index (κ1) is 10.3. The van der Waals surface area contributed by atoms with E-state index in [4.69, 9.17) is 0 Å². The highest BCUT2D eigenvalue weighted by molar-refractivity contribution is 6.02. The quantitative estimate of drug-likeness (QED) is 0.817. The molecule has 0 saturated heterocycles. The van der Waals surface area contributed by atoms with E-state index in [2.05, 4.69) is 15.3 Å². The second kappa shape index (κ2) is 4.09. The van der Waals surface area contributed by atoms with E-state index in [1.54, 1.807) is 0 Å². The summed E-state index contributed by atoms with van der Waals surface area (Å²) in [6, 6.07) is 2.91. The summed E-state index contributed by atoms with van der Waals surface area (Å²) >= 11 is 0. The molecule has 1 amide bonds. The van der Waals surface area contributed by atoms with Crippen LogP contribution in [0, 0.1) is 11.6 Å². The van der Waals surface area contributed by atoms with Gasteiger partial charge in [-0.05, 0) is 12.1 Å². The number of benzene rings is 1. The number of amides is 1. The Morgan fingerprint density at radius 2 is 2.19 bits per heavy atom. The van der Waals surface area contributed by atoms with Crippen LogP contribution < -0.4 is 5.32 Å². The van der Waals surface area contributed by atoms with Crippen molar-refractivity contribution < 1.29 is 13.6 Å². The van der Waals surface area contributed by atoms with Crippen molar-refractivity contribution in [2.24, 2.45) is 0 Å². The van der Waals surface area contributed by atoms with Crippen molar-refractivity contribution in [3.05, 3.63) is 48.1 Å². The molecule has 0 atom stereocenters. The molecule has 2 N–H and O–H groups in total. The number of carbonyl (C=O) groups is 1. The molecule has 2 rings (SSSR count). The number of aromatic nitrogens is 2. The van der Waals surface area contributed by atoms with Crippen LogP contribution in [0.3, 0.4) is 0 Å². The van der Waals surface area contributed by atoms with Crippen molar-refractivity contribution >= 4 is 11.6 Å². The predicted octanol–water partition coefficient (Wildman–Crippen LogP) is 1.94. The minimum Gasteiger partial charge on any atom is -0.341 e. The maximum absolute atomic E-state index is 13.2. The molecule has 0 unspecified atom stereocenters. The zero-order valence-electron chi connectivity index (χ0n) is 8.00. The van der Waals surface area contributed by atoms with Crippen LogP contribution in [-0.2, 0) is 0 Å². The number of H-pyrrole nitrogens is 1. The monoisotopic (exact) mass is 223 g/mol. The highest BCUT2D eigenvalue weighted by atomic mass is 19.1. The average molecular weight is 223 g/mol. The summed E-state index contributed by atoms with van der Waals surface area (Å²) in [5.41, 5.74) is 0.115. The Morgan fingerprint density at radius 1 is 1.38 bits per heavy atom. The molecule has 1 heterocycles. The van der Waals surface area contributed by atoms with Gasteiger partial charge in [0.15, 0.2) is 0 Å². The Kier molecular flexibility index (Phi) is 2.63. The highest BCUT2D eigenvalue weighted by Gasteiger charge is 2.10. The zero-order valence-corrected chi connectivity index (χ0v) is 8.00. The Hall–Kier alpha value is -2.24. The van der Waals surface area contributed by atoms with Gasteiger partial charge in [-0.15, -0.1) is 0 Å². The summed E-state index contributed by atoms with van der Waals surface area (Å²) in [5, 5.41) is 2.29. The summed E-state index contributed by atoms with van der Waals surface area (Å²) in [7, 11) is 0. The first-order chi connectivity index (χ1) is 7.66. The van der Waals surface area contributed by atoms with E-state index < -0.39 is 17.5 Å². The maximum atomic E-state index is 13.2. The molecule has 1 aromatic heterocycles. The number of aromatic amines is 1. The van der Waals surface area contributed by atoms with E-state index in [-0.39, 0.29) is 11.4 Å². The molecule has 16 heavy (non-hydrogen) atoms. The standard InChI is InChI=1S/C10H7F2N3O/c11-6-1-2-8(7(12)3-6)15-10(16)9-4-13-5-14-9/h1-5H,(H,13,14)(H,15,16). The topological polar surface area (TPSA) is 57.8 Å². The lowest BCUT2D eigenvalue weighted by Crippen LogP contribution is -2.13. The largest absolute Gasteiger partial charge is 0.341 e. The molecule has 82 valence electrons. The van der Waals surface area contributed by atoms with Crippen molar-refractivity contribution in [3.8, 4) is 0 Å². The van der Waals surface area contributed by atoms with Gasteiger partial charge < -0.3 is 10.3 Å². The van der Waals surface area contributed by atoms with Gasteiger partial charge in [-0.25, -0.2) is 13.8 Å². The van der Waals surface area contributed by atoms with E-state index in [0.717, 1.165) is 12.1 Å². The molecule has 6 heteroatoms. The van der Waals surface area contributed by atoms with E-state index in [1.165, 1.54) is 12.5 Å². The Morgan fingerprint density at radius 3 is 2.81 bits per heavy atom. The molecular formula is C10H7F2N3O. The minimum absolute atomic E-state index is 0.0824. The first-order valence-electron chi connectivity index (χ1n) is 4.41. The average Bonchev–Trinajstić information content (AvgIpc) is 2.75. The molecule has 0 saturated carbocycles. The summed E-state index contributed by atoms with van der Waals surface area (Å²) in [6.07, 6.45) is 2.63. The minimum atomic E-state index is -0.826. The van der Waals surface area contributed by atoms with Crippen LogP contribution in [0.15, 0.2) is 30.7 Å². The molecule has 0 fully saturated rings. The van der Waals surface area contributed by atoms with E-state index in [0.29, 0.717) is 6.07 Å². The fourth-order valence-electron chi connectivity index (χ4n) is 1.16. The second-order valence-electron chi connectivity index (χ2n) is 3.04. The van der Waals surface area contributed by atoms with Crippen LogP contribution in [0.5, 0.6) is 0 Å². The van der Waals surface area contributed by atoms with Crippen molar-refractivity contribution in [1.29, 1.82) is 0 Å². The summed E-state index contributed by atoms with van der Waals surface area (Å²) < 4.78 is 25.8. The Balaban J connectivity index is 2.18. The number of anilines is 1. The molecule has 0 radical (unpaired) electrons. The Bertz CT molecular complexity index is 511. The molecule has 0 spiro atoms. The second-order valence-corrected chi connectivity index (χ2v) is 3.04. The molecule has 0 bridgehead atoms. The lowest BCUT2D eigenvalue weighted by Gasteiger charge is -2.04. The molecule has 1 aromatic carbocycles. The van der Waals surface area contributed by atoms with Crippen LogP contribution in [0.2, 0.25) is 0 Å². The Labute approximate surface area is 89.3 Å². The van der Waals surface area contributed by atoms with Crippen LogP contribution in [0.1, 0.15) is 10.5 Å². The molecule has 0 aliphatic rings. The summed E-state index contributed by atoms with van der Waals surface area (Å²) in [5.74, 6) is -2.06. The number of nitrogens with zero attached hydrogens (tertiary/aromatic N) is 1. The van der Waals surface area contributed by atoms with Gasteiger partial charge in [0.1, 0.15) is 17.3 Å². The number of nitrogens with one attached hydrogen (secondary N) is 2. The number of carbonyl (C=O) groups excluding carboxylic acids is 1. The SMILES string of the molecule is O=C(Nc1ccc(F)cc1F)c1cnc[nH]1. The molecule has 0 aliphatic carbocycles. The number of hydrogen-bond donors (Lipinski definition) is 2. The number of halogens is 2. The fourth-order valence-corrected chi connectivity index (χ4v) is 1.16.